The van der Waals surface area contributed by atoms with E-state index >= 15 is 0 Å². The number of hydrogen-bond acceptors (Lipinski definition) is 2. The van der Waals surface area contributed by atoms with E-state index in [-0.39, 0.29) is 0 Å². The van der Waals surface area contributed by atoms with Crippen LogP contribution >= 0.6 is 0 Å². The van der Waals surface area contributed by atoms with Crippen LogP contribution in [0.15, 0.2) is 30.6 Å². The monoisotopic (exact) mass is 190 g/mol. The molecular formula is C12H18N2. The van der Waals surface area contributed by atoms with Crippen molar-refractivity contribution in [2.75, 3.05) is 6.54 Å². The van der Waals surface area contributed by atoms with Crippen LogP contribution in [-0.2, 0) is 0 Å². The summed E-state index contributed by atoms with van der Waals surface area (Å²) in [6.45, 7) is 5.35. The lowest BCUT2D eigenvalue weighted by Crippen LogP contribution is -2.23. The van der Waals surface area contributed by atoms with Gasteiger partial charge in [0.05, 0.1) is 0 Å². The molecule has 1 aromatic rings. The normalized spacial score (nSPS) is 11.4. The summed E-state index contributed by atoms with van der Waals surface area (Å²) in [6, 6.07) is 4.58. The van der Waals surface area contributed by atoms with E-state index in [0.29, 0.717) is 6.04 Å². The minimum Gasteiger partial charge on any atom is -0.314 e. The van der Waals surface area contributed by atoms with Crippen LogP contribution < -0.4 is 5.32 Å². The van der Waals surface area contributed by atoms with E-state index in [1.807, 2.05) is 12.3 Å². The number of aromatic nitrogens is 1. The molecule has 0 saturated carbocycles. The molecule has 1 aromatic heterocycles. The molecule has 0 atom stereocenters. The Morgan fingerprint density at radius 1 is 1.50 bits per heavy atom. The van der Waals surface area contributed by atoms with Crippen LogP contribution in [0.4, 0.5) is 0 Å². The van der Waals surface area contributed by atoms with Gasteiger partial charge in [0.2, 0.25) is 0 Å². The van der Waals surface area contributed by atoms with Crippen LogP contribution in [0.25, 0.3) is 6.08 Å². The van der Waals surface area contributed by atoms with Gasteiger partial charge < -0.3 is 5.32 Å². The predicted molar refractivity (Wildman–Crippen MR) is 61.0 cm³/mol. The standard InChI is InChI=1S/C12H18N2/c1-11(2)14-9-4-3-6-12-7-5-8-13-10-12/h3,5-8,10-11,14H,4,9H2,1-2H3. The third kappa shape index (κ3) is 4.77. The fourth-order valence-electron chi connectivity index (χ4n) is 1.15. The van der Waals surface area contributed by atoms with Crippen molar-refractivity contribution in [1.82, 2.24) is 10.3 Å². The molecule has 0 unspecified atom stereocenters. The first-order valence-electron chi connectivity index (χ1n) is 5.09. The van der Waals surface area contributed by atoms with Crippen LogP contribution in [0.1, 0.15) is 25.8 Å². The summed E-state index contributed by atoms with van der Waals surface area (Å²) >= 11 is 0. The SMILES string of the molecule is CC(C)NCCC=Cc1cccnc1. The van der Waals surface area contributed by atoms with Crippen molar-refractivity contribution in [2.45, 2.75) is 26.3 Å². The zero-order chi connectivity index (χ0) is 10.2. The van der Waals surface area contributed by atoms with Gasteiger partial charge in [-0.15, -0.1) is 0 Å². The Morgan fingerprint density at radius 2 is 2.36 bits per heavy atom. The Kier molecular flexibility index (Phi) is 4.94. The van der Waals surface area contributed by atoms with E-state index in [1.54, 1.807) is 6.20 Å². The molecule has 0 aliphatic rings. The molecule has 0 fully saturated rings. The zero-order valence-electron chi connectivity index (χ0n) is 8.90. The van der Waals surface area contributed by atoms with Gasteiger partial charge in [0.25, 0.3) is 0 Å². The molecule has 1 heterocycles. The maximum Gasteiger partial charge on any atom is 0.0340 e. The molecule has 0 aliphatic heterocycles. The number of rotatable bonds is 5. The van der Waals surface area contributed by atoms with Crippen LogP contribution in [0.5, 0.6) is 0 Å². The molecule has 2 heteroatoms. The third-order valence-corrected chi connectivity index (χ3v) is 1.86. The average molecular weight is 190 g/mol. The van der Waals surface area contributed by atoms with Crippen molar-refractivity contribution in [2.24, 2.45) is 0 Å². The molecular weight excluding hydrogens is 172 g/mol. The zero-order valence-corrected chi connectivity index (χ0v) is 8.90. The second-order valence-electron chi connectivity index (χ2n) is 3.59. The molecule has 14 heavy (non-hydrogen) atoms. The lowest BCUT2D eigenvalue weighted by Gasteiger charge is -2.04. The van der Waals surface area contributed by atoms with Crippen molar-refractivity contribution in [3.8, 4) is 0 Å². The minimum atomic E-state index is 0.571. The largest absolute Gasteiger partial charge is 0.314 e. The van der Waals surface area contributed by atoms with Gasteiger partial charge in [-0.05, 0) is 24.6 Å². The first-order chi connectivity index (χ1) is 6.79. The summed E-state index contributed by atoms with van der Waals surface area (Å²) in [5.41, 5.74) is 1.16. The smallest absolute Gasteiger partial charge is 0.0340 e. The summed E-state index contributed by atoms with van der Waals surface area (Å²) in [5.74, 6) is 0. The van der Waals surface area contributed by atoms with Crippen molar-refractivity contribution < 1.29 is 0 Å². The van der Waals surface area contributed by atoms with Gasteiger partial charge in [-0.2, -0.15) is 0 Å². The van der Waals surface area contributed by atoms with Gasteiger partial charge in [-0.1, -0.05) is 32.1 Å². The number of nitrogens with zero attached hydrogens (tertiary/aromatic N) is 1. The lowest BCUT2D eigenvalue weighted by molar-refractivity contribution is 0.595. The molecule has 0 radical (unpaired) electrons. The molecule has 76 valence electrons. The summed E-state index contributed by atoms with van der Waals surface area (Å²) < 4.78 is 0. The maximum atomic E-state index is 4.04. The second-order valence-corrected chi connectivity index (χ2v) is 3.59. The molecule has 0 amide bonds. The van der Waals surface area contributed by atoms with Gasteiger partial charge in [0.15, 0.2) is 0 Å². The highest BCUT2D eigenvalue weighted by Crippen LogP contribution is 1.99. The van der Waals surface area contributed by atoms with Gasteiger partial charge in [-0.25, -0.2) is 0 Å². The second kappa shape index (κ2) is 6.33. The highest BCUT2D eigenvalue weighted by Gasteiger charge is 1.88. The summed E-state index contributed by atoms with van der Waals surface area (Å²) in [7, 11) is 0. The Labute approximate surface area is 86.1 Å². The minimum absolute atomic E-state index is 0.571. The van der Waals surface area contributed by atoms with E-state index < -0.39 is 0 Å². The highest BCUT2D eigenvalue weighted by molar-refractivity contribution is 5.47. The summed E-state index contributed by atoms with van der Waals surface area (Å²) in [5, 5.41) is 3.36. The molecule has 1 rings (SSSR count). The molecule has 0 spiro atoms. The van der Waals surface area contributed by atoms with Gasteiger partial charge in [0.1, 0.15) is 0 Å². The van der Waals surface area contributed by atoms with Gasteiger partial charge in [0, 0.05) is 18.4 Å². The molecule has 2 nitrogen and oxygen atoms in total. The maximum absolute atomic E-state index is 4.04. The van der Waals surface area contributed by atoms with Crippen LogP contribution in [-0.4, -0.2) is 17.6 Å². The van der Waals surface area contributed by atoms with Crippen LogP contribution in [0.3, 0.4) is 0 Å². The van der Waals surface area contributed by atoms with Gasteiger partial charge in [-0.3, -0.25) is 4.98 Å². The van der Waals surface area contributed by atoms with E-state index in [4.69, 9.17) is 0 Å². The average Bonchev–Trinajstić information content (AvgIpc) is 2.18. The fourth-order valence-corrected chi connectivity index (χ4v) is 1.15. The van der Waals surface area contributed by atoms with Crippen molar-refractivity contribution in [1.29, 1.82) is 0 Å². The Morgan fingerprint density at radius 3 is 3.00 bits per heavy atom. The van der Waals surface area contributed by atoms with Gasteiger partial charge >= 0.3 is 0 Å². The topological polar surface area (TPSA) is 24.9 Å². The van der Waals surface area contributed by atoms with E-state index in [0.717, 1.165) is 18.5 Å². The van der Waals surface area contributed by atoms with E-state index in [1.165, 1.54) is 0 Å². The Bertz CT molecular complexity index is 265. The lowest BCUT2D eigenvalue weighted by atomic mass is 10.2. The van der Waals surface area contributed by atoms with Crippen molar-refractivity contribution >= 4 is 6.08 Å². The molecule has 0 bridgehead atoms. The van der Waals surface area contributed by atoms with Crippen LogP contribution in [0, 0.1) is 0 Å². The van der Waals surface area contributed by atoms with E-state index in [9.17, 15) is 0 Å². The number of hydrogen-bond donors (Lipinski definition) is 1. The first kappa shape index (κ1) is 10.9. The summed E-state index contributed by atoms with van der Waals surface area (Å²) in [6.07, 6.45) is 9.00. The molecule has 1 N–H and O–H groups in total. The summed E-state index contributed by atoms with van der Waals surface area (Å²) in [4.78, 5) is 4.04. The van der Waals surface area contributed by atoms with Crippen molar-refractivity contribution in [3.63, 3.8) is 0 Å². The van der Waals surface area contributed by atoms with Crippen molar-refractivity contribution in [3.05, 3.63) is 36.2 Å². The molecule has 0 saturated heterocycles. The van der Waals surface area contributed by atoms with Crippen LogP contribution in [0.2, 0.25) is 0 Å². The predicted octanol–water partition coefficient (Wildman–Crippen LogP) is 2.48. The Hall–Kier alpha value is -1.15. The first-order valence-corrected chi connectivity index (χ1v) is 5.09. The molecule has 0 aromatic carbocycles. The third-order valence-electron chi connectivity index (χ3n) is 1.86. The number of pyridine rings is 1. The highest BCUT2D eigenvalue weighted by atomic mass is 14.9. The number of nitrogens with one attached hydrogen (secondary N) is 1. The molecule has 0 aliphatic carbocycles. The van der Waals surface area contributed by atoms with E-state index in [2.05, 4.69) is 42.4 Å². The Balaban J connectivity index is 2.21. The quantitative estimate of drug-likeness (QED) is 0.721. The fraction of sp³-hybridized carbons (Fsp3) is 0.417.